The van der Waals surface area contributed by atoms with Gasteiger partial charge < -0.3 is 15.0 Å². The fraction of sp³-hybridized carbons (Fsp3) is 0.192. The highest BCUT2D eigenvalue weighted by molar-refractivity contribution is 6.30. The molecular formula is C26H22ClFN2O4. The molecule has 1 aliphatic rings. The molecule has 34 heavy (non-hydrogen) atoms. The highest BCUT2D eigenvalue weighted by Crippen LogP contribution is 2.32. The second-order valence-electron chi connectivity index (χ2n) is 8.03. The number of rotatable bonds is 6. The van der Waals surface area contributed by atoms with Gasteiger partial charge in [-0.15, -0.1) is 0 Å². The van der Waals surface area contributed by atoms with Gasteiger partial charge in [-0.05, 0) is 60.0 Å². The van der Waals surface area contributed by atoms with Crippen LogP contribution >= 0.6 is 11.6 Å². The van der Waals surface area contributed by atoms with Gasteiger partial charge in [-0.25, -0.2) is 4.39 Å². The molecule has 4 rings (SSSR count). The van der Waals surface area contributed by atoms with Gasteiger partial charge in [0.05, 0.1) is 17.8 Å². The van der Waals surface area contributed by atoms with Crippen LogP contribution in [0.4, 0.5) is 10.1 Å². The summed E-state index contributed by atoms with van der Waals surface area (Å²) in [5.41, 5.74) is 2.51. The van der Waals surface area contributed by atoms with Crippen molar-refractivity contribution in [3.8, 4) is 5.75 Å². The predicted molar refractivity (Wildman–Crippen MR) is 127 cm³/mol. The molecule has 2 amide bonds. The molecular weight excluding hydrogens is 459 g/mol. The fourth-order valence-electron chi connectivity index (χ4n) is 3.93. The van der Waals surface area contributed by atoms with E-state index < -0.39 is 11.7 Å². The highest BCUT2D eigenvalue weighted by atomic mass is 35.5. The van der Waals surface area contributed by atoms with Gasteiger partial charge in [0.25, 0.3) is 5.91 Å². The Morgan fingerprint density at radius 2 is 1.76 bits per heavy atom. The molecule has 6 nitrogen and oxygen atoms in total. The number of nitrogens with zero attached hydrogens (tertiary/aromatic N) is 1. The number of Topliss-reactive ketones (excluding diaryl/α,β-unsaturated/α-hetero) is 1. The van der Waals surface area contributed by atoms with E-state index in [1.807, 2.05) is 12.1 Å². The summed E-state index contributed by atoms with van der Waals surface area (Å²) in [6, 6.07) is 16.1. The summed E-state index contributed by atoms with van der Waals surface area (Å²) in [6.07, 6.45) is 0.0787. The molecule has 1 aliphatic heterocycles. The van der Waals surface area contributed by atoms with Crippen LogP contribution < -0.4 is 15.0 Å². The molecule has 174 valence electrons. The molecule has 0 bridgehead atoms. The Bertz CT molecular complexity index is 1280. The summed E-state index contributed by atoms with van der Waals surface area (Å²) in [5.74, 6) is -1.93. The maximum absolute atomic E-state index is 13.5. The first-order chi connectivity index (χ1) is 16.3. The molecule has 1 N–H and O–H groups in total. The van der Waals surface area contributed by atoms with Gasteiger partial charge in [-0.1, -0.05) is 29.8 Å². The Labute approximate surface area is 201 Å². The smallest absolute Gasteiger partial charge is 0.251 e. The monoisotopic (exact) mass is 480 g/mol. The lowest BCUT2D eigenvalue weighted by Gasteiger charge is -2.31. The van der Waals surface area contributed by atoms with Crippen molar-refractivity contribution in [3.05, 3.63) is 93.8 Å². The Kier molecular flexibility index (Phi) is 6.65. The number of hydrogen-bond donors (Lipinski definition) is 1. The van der Waals surface area contributed by atoms with Gasteiger partial charge in [0.2, 0.25) is 5.91 Å². The Morgan fingerprint density at radius 3 is 2.44 bits per heavy atom. The van der Waals surface area contributed by atoms with Crippen molar-refractivity contribution < 1.29 is 23.5 Å². The van der Waals surface area contributed by atoms with E-state index in [4.69, 9.17) is 16.3 Å². The molecule has 1 heterocycles. The van der Waals surface area contributed by atoms with Crippen LogP contribution in [0.5, 0.6) is 5.75 Å². The Morgan fingerprint density at radius 1 is 1.06 bits per heavy atom. The number of amides is 2. The van der Waals surface area contributed by atoms with Crippen molar-refractivity contribution in [1.29, 1.82) is 0 Å². The van der Waals surface area contributed by atoms with Crippen LogP contribution in [0.25, 0.3) is 0 Å². The van der Waals surface area contributed by atoms with Crippen molar-refractivity contribution >= 4 is 34.9 Å². The van der Waals surface area contributed by atoms with E-state index in [9.17, 15) is 18.8 Å². The summed E-state index contributed by atoms with van der Waals surface area (Å²) < 4.78 is 18.6. The van der Waals surface area contributed by atoms with Gasteiger partial charge in [0.15, 0.2) is 5.78 Å². The summed E-state index contributed by atoms with van der Waals surface area (Å²) in [6.45, 7) is 0.306. The Balaban J connectivity index is 1.53. The molecule has 3 aromatic rings. The average Bonchev–Trinajstić information content (AvgIpc) is 2.85. The number of methoxy groups -OCH3 is 1. The van der Waals surface area contributed by atoms with Crippen LogP contribution in [0.15, 0.2) is 60.7 Å². The lowest BCUT2D eigenvalue weighted by molar-refractivity contribution is -0.120. The zero-order valence-corrected chi connectivity index (χ0v) is 19.4. The standard InChI is InChI=1S/C26H22ClFN2O4/c1-30-23-10-6-17(25(32)29-14-15-3-7-18(34-2)8-4-15)13-19(23)24(31)20(26(30)33)11-16-5-9-22(28)21(27)12-16/h3-10,12-13,20H,11,14H2,1-2H3,(H,29,32). The number of hydrogen-bond acceptors (Lipinski definition) is 4. The second kappa shape index (κ2) is 9.65. The zero-order valence-electron chi connectivity index (χ0n) is 18.6. The van der Waals surface area contributed by atoms with Gasteiger partial charge >= 0.3 is 0 Å². The van der Waals surface area contributed by atoms with Crippen LogP contribution in [0.1, 0.15) is 31.8 Å². The number of anilines is 1. The molecule has 0 radical (unpaired) electrons. The first kappa shape index (κ1) is 23.4. The van der Waals surface area contributed by atoms with E-state index in [2.05, 4.69) is 5.32 Å². The van der Waals surface area contributed by atoms with E-state index >= 15 is 0 Å². The van der Waals surface area contributed by atoms with E-state index in [1.54, 1.807) is 38.4 Å². The van der Waals surface area contributed by atoms with Crippen LogP contribution in [-0.2, 0) is 17.8 Å². The Hall–Kier alpha value is -3.71. The minimum atomic E-state index is -0.989. The van der Waals surface area contributed by atoms with E-state index in [0.29, 0.717) is 23.4 Å². The number of carbonyl (C=O) groups is 3. The molecule has 0 saturated carbocycles. The normalized spacial score (nSPS) is 15.2. The molecule has 0 aromatic heterocycles. The van der Waals surface area contributed by atoms with Crippen molar-refractivity contribution in [2.45, 2.75) is 13.0 Å². The summed E-state index contributed by atoms with van der Waals surface area (Å²) in [4.78, 5) is 40.3. The van der Waals surface area contributed by atoms with Crippen LogP contribution in [0, 0.1) is 11.7 Å². The number of fused-ring (bicyclic) bond motifs is 1. The molecule has 0 fully saturated rings. The van der Waals surface area contributed by atoms with E-state index in [0.717, 1.165) is 11.3 Å². The maximum atomic E-state index is 13.5. The predicted octanol–water partition coefficient (Wildman–Crippen LogP) is 4.44. The molecule has 1 atom stereocenters. The summed E-state index contributed by atoms with van der Waals surface area (Å²) >= 11 is 5.85. The van der Waals surface area contributed by atoms with Crippen LogP contribution in [0.2, 0.25) is 5.02 Å². The van der Waals surface area contributed by atoms with Crippen LogP contribution in [-0.4, -0.2) is 31.8 Å². The first-order valence-electron chi connectivity index (χ1n) is 10.6. The summed E-state index contributed by atoms with van der Waals surface area (Å²) in [7, 11) is 3.17. The van der Waals surface area contributed by atoms with Crippen LogP contribution in [0.3, 0.4) is 0 Å². The molecule has 1 unspecified atom stereocenters. The highest BCUT2D eigenvalue weighted by Gasteiger charge is 2.38. The lowest BCUT2D eigenvalue weighted by Crippen LogP contribution is -2.43. The largest absolute Gasteiger partial charge is 0.497 e. The van der Waals surface area contributed by atoms with Crippen molar-refractivity contribution in [2.24, 2.45) is 5.92 Å². The van der Waals surface area contributed by atoms with Gasteiger partial charge in [-0.3, -0.25) is 14.4 Å². The quantitative estimate of drug-likeness (QED) is 0.529. The fourth-order valence-corrected chi connectivity index (χ4v) is 4.13. The van der Waals surface area contributed by atoms with Gasteiger partial charge in [0.1, 0.15) is 17.5 Å². The SMILES string of the molecule is COc1ccc(CNC(=O)c2ccc3c(c2)C(=O)C(Cc2ccc(F)c(Cl)c2)C(=O)N3C)cc1. The molecule has 8 heteroatoms. The number of ketones is 1. The topological polar surface area (TPSA) is 75.7 Å². The number of nitrogens with one attached hydrogen (secondary N) is 1. The molecule has 3 aromatic carbocycles. The van der Waals surface area contributed by atoms with Crippen molar-refractivity contribution in [2.75, 3.05) is 19.1 Å². The molecule has 0 aliphatic carbocycles. The minimum absolute atomic E-state index is 0.0715. The number of ether oxygens (including phenoxy) is 1. The minimum Gasteiger partial charge on any atom is -0.497 e. The van der Waals surface area contributed by atoms with Gasteiger partial charge in [-0.2, -0.15) is 0 Å². The number of benzene rings is 3. The lowest BCUT2D eigenvalue weighted by atomic mass is 9.85. The first-order valence-corrected chi connectivity index (χ1v) is 11.0. The third kappa shape index (κ3) is 4.65. The zero-order chi connectivity index (χ0) is 24.4. The van der Waals surface area contributed by atoms with Crippen molar-refractivity contribution in [1.82, 2.24) is 5.32 Å². The average molecular weight is 481 g/mol. The summed E-state index contributed by atoms with van der Waals surface area (Å²) in [5, 5.41) is 2.76. The third-order valence-corrected chi connectivity index (χ3v) is 6.16. The van der Waals surface area contributed by atoms with E-state index in [-0.39, 0.29) is 34.6 Å². The molecule has 0 spiro atoms. The van der Waals surface area contributed by atoms with E-state index in [1.165, 1.54) is 29.2 Å². The maximum Gasteiger partial charge on any atom is 0.251 e. The number of carbonyl (C=O) groups excluding carboxylic acids is 3. The third-order valence-electron chi connectivity index (χ3n) is 5.87. The second-order valence-corrected chi connectivity index (χ2v) is 8.44. The van der Waals surface area contributed by atoms with Gasteiger partial charge in [0, 0.05) is 24.7 Å². The molecule has 0 saturated heterocycles. The van der Waals surface area contributed by atoms with Crippen molar-refractivity contribution in [3.63, 3.8) is 0 Å². The number of halogens is 2.